The molecule has 2 heterocycles. The quantitative estimate of drug-likeness (QED) is 0.595. The Hall–Kier alpha value is -4.01. The Morgan fingerprint density at radius 2 is 1.97 bits per heavy atom. The molecule has 164 valence electrons. The fraction of sp³-hybridized carbons (Fsp3) is 0.217. The smallest absolute Gasteiger partial charge is 0.246 e. The van der Waals surface area contributed by atoms with Crippen LogP contribution in [0.5, 0.6) is 0 Å². The van der Waals surface area contributed by atoms with E-state index in [4.69, 9.17) is 0 Å². The van der Waals surface area contributed by atoms with Crippen LogP contribution in [0, 0.1) is 11.7 Å². The number of benzene rings is 2. The molecule has 2 N–H and O–H groups in total. The SMILES string of the molecule is O=C(Cn1cccn1)Nc1cccc(CNC(=O)C2CC(=O)N(c3ccccc3F)C2)c1. The number of rotatable bonds is 7. The van der Waals surface area contributed by atoms with Crippen molar-refractivity contribution < 1.29 is 18.8 Å². The van der Waals surface area contributed by atoms with Crippen molar-refractivity contribution in [3.05, 3.63) is 78.4 Å². The highest BCUT2D eigenvalue weighted by molar-refractivity contribution is 6.00. The standard InChI is InChI=1S/C23H22FN5O3/c24-19-7-1-2-8-20(19)29-14-17(12-22(29)31)23(32)25-13-16-5-3-6-18(11-16)27-21(30)15-28-10-4-9-26-28/h1-11,17H,12-15H2,(H,25,32)(H,27,30). The van der Waals surface area contributed by atoms with Crippen molar-refractivity contribution >= 4 is 29.1 Å². The molecule has 0 radical (unpaired) electrons. The average molecular weight is 435 g/mol. The second kappa shape index (κ2) is 9.42. The highest BCUT2D eigenvalue weighted by Gasteiger charge is 2.35. The van der Waals surface area contributed by atoms with E-state index >= 15 is 0 Å². The van der Waals surface area contributed by atoms with Crippen molar-refractivity contribution in [1.82, 2.24) is 15.1 Å². The zero-order valence-electron chi connectivity index (χ0n) is 17.2. The third kappa shape index (κ3) is 5.00. The Labute approximate surface area is 184 Å². The van der Waals surface area contributed by atoms with Crippen molar-refractivity contribution in [3.63, 3.8) is 0 Å². The molecular formula is C23H22FN5O3. The van der Waals surface area contributed by atoms with Crippen molar-refractivity contribution in [3.8, 4) is 0 Å². The van der Waals surface area contributed by atoms with Crippen LogP contribution in [0.1, 0.15) is 12.0 Å². The van der Waals surface area contributed by atoms with Crippen LogP contribution in [0.15, 0.2) is 67.0 Å². The van der Waals surface area contributed by atoms with E-state index in [1.807, 2.05) is 6.07 Å². The third-order valence-corrected chi connectivity index (χ3v) is 5.18. The molecule has 0 spiro atoms. The number of carbonyl (C=O) groups excluding carboxylic acids is 3. The van der Waals surface area contributed by atoms with Crippen LogP contribution in [0.25, 0.3) is 0 Å². The van der Waals surface area contributed by atoms with Crippen LogP contribution in [0.3, 0.4) is 0 Å². The maximum Gasteiger partial charge on any atom is 0.246 e. The summed E-state index contributed by atoms with van der Waals surface area (Å²) in [7, 11) is 0. The van der Waals surface area contributed by atoms with Crippen LogP contribution in [-0.4, -0.2) is 34.0 Å². The summed E-state index contributed by atoms with van der Waals surface area (Å²) in [6.45, 7) is 0.476. The molecular weight excluding hydrogens is 413 g/mol. The minimum atomic E-state index is -0.556. The summed E-state index contributed by atoms with van der Waals surface area (Å²) in [6.07, 6.45) is 3.33. The van der Waals surface area contributed by atoms with Crippen molar-refractivity contribution in [1.29, 1.82) is 0 Å². The van der Waals surface area contributed by atoms with Gasteiger partial charge in [-0.3, -0.25) is 19.1 Å². The van der Waals surface area contributed by atoms with E-state index in [2.05, 4.69) is 15.7 Å². The Bertz CT molecular complexity index is 1130. The molecule has 1 aliphatic rings. The van der Waals surface area contributed by atoms with E-state index in [0.717, 1.165) is 5.56 Å². The number of amides is 3. The first kappa shape index (κ1) is 21.2. The first-order chi connectivity index (χ1) is 15.5. The van der Waals surface area contributed by atoms with Gasteiger partial charge in [-0.05, 0) is 35.9 Å². The molecule has 1 aromatic heterocycles. The van der Waals surface area contributed by atoms with E-state index in [9.17, 15) is 18.8 Å². The summed E-state index contributed by atoms with van der Waals surface area (Å²) in [6, 6.07) is 14.9. The van der Waals surface area contributed by atoms with Gasteiger partial charge in [0, 0.05) is 37.6 Å². The Kier molecular flexibility index (Phi) is 6.25. The van der Waals surface area contributed by atoms with Gasteiger partial charge in [0.1, 0.15) is 12.4 Å². The number of anilines is 2. The number of nitrogens with zero attached hydrogens (tertiary/aromatic N) is 3. The van der Waals surface area contributed by atoms with E-state index in [-0.39, 0.29) is 49.5 Å². The van der Waals surface area contributed by atoms with E-state index in [0.29, 0.717) is 5.69 Å². The molecule has 32 heavy (non-hydrogen) atoms. The van der Waals surface area contributed by atoms with Gasteiger partial charge in [-0.2, -0.15) is 5.10 Å². The molecule has 4 rings (SSSR count). The summed E-state index contributed by atoms with van der Waals surface area (Å²) in [5.41, 5.74) is 1.59. The third-order valence-electron chi connectivity index (χ3n) is 5.18. The number of halogens is 1. The van der Waals surface area contributed by atoms with E-state index in [1.54, 1.807) is 48.8 Å². The maximum atomic E-state index is 14.0. The van der Waals surface area contributed by atoms with Crippen molar-refractivity contribution in [2.45, 2.75) is 19.5 Å². The fourth-order valence-corrected chi connectivity index (χ4v) is 3.62. The monoisotopic (exact) mass is 435 g/mol. The van der Waals surface area contributed by atoms with Gasteiger partial charge in [0.15, 0.2) is 0 Å². The summed E-state index contributed by atoms with van der Waals surface area (Å²) in [4.78, 5) is 38.4. The zero-order valence-corrected chi connectivity index (χ0v) is 17.2. The molecule has 1 unspecified atom stereocenters. The summed E-state index contributed by atoms with van der Waals surface area (Å²) < 4.78 is 15.5. The molecule has 1 fully saturated rings. The predicted molar refractivity (Wildman–Crippen MR) is 116 cm³/mol. The Morgan fingerprint density at radius 3 is 2.75 bits per heavy atom. The van der Waals surface area contributed by atoms with Gasteiger partial charge < -0.3 is 15.5 Å². The topological polar surface area (TPSA) is 96.3 Å². The van der Waals surface area contributed by atoms with Crippen molar-refractivity contribution in [2.75, 3.05) is 16.8 Å². The van der Waals surface area contributed by atoms with E-state index < -0.39 is 11.7 Å². The predicted octanol–water partition coefficient (Wildman–Crippen LogP) is 2.33. The van der Waals surface area contributed by atoms with Gasteiger partial charge in [0.25, 0.3) is 0 Å². The van der Waals surface area contributed by atoms with Gasteiger partial charge in [-0.1, -0.05) is 24.3 Å². The highest BCUT2D eigenvalue weighted by Crippen LogP contribution is 2.27. The number of nitrogens with one attached hydrogen (secondary N) is 2. The summed E-state index contributed by atoms with van der Waals surface area (Å²) >= 11 is 0. The zero-order chi connectivity index (χ0) is 22.5. The maximum absolute atomic E-state index is 14.0. The Morgan fingerprint density at radius 1 is 1.12 bits per heavy atom. The number of hydrogen-bond acceptors (Lipinski definition) is 4. The minimum absolute atomic E-state index is 0.0314. The lowest BCUT2D eigenvalue weighted by Crippen LogP contribution is -2.32. The lowest BCUT2D eigenvalue weighted by molar-refractivity contribution is -0.126. The van der Waals surface area contributed by atoms with Gasteiger partial charge in [-0.15, -0.1) is 0 Å². The Balaban J connectivity index is 1.31. The summed E-state index contributed by atoms with van der Waals surface area (Å²) in [5, 5.41) is 9.62. The van der Waals surface area contributed by atoms with Crippen LogP contribution >= 0.6 is 0 Å². The van der Waals surface area contributed by atoms with Gasteiger partial charge in [0.2, 0.25) is 17.7 Å². The normalized spacial score (nSPS) is 15.6. The molecule has 1 aliphatic heterocycles. The van der Waals surface area contributed by atoms with Crippen molar-refractivity contribution in [2.24, 2.45) is 5.92 Å². The van der Waals surface area contributed by atoms with Gasteiger partial charge >= 0.3 is 0 Å². The molecule has 1 saturated heterocycles. The minimum Gasteiger partial charge on any atom is -0.352 e. The van der Waals surface area contributed by atoms with Crippen LogP contribution in [0.2, 0.25) is 0 Å². The number of hydrogen-bond donors (Lipinski definition) is 2. The molecule has 3 aromatic rings. The lowest BCUT2D eigenvalue weighted by atomic mass is 10.1. The molecule has 0 aliphatic carbocycles. The van der Waals surface area contributed by atoms with E-state index in [1.165, 1.54) is 21.7 Å². The first-order valence-electron chi connectivity index (χ1n) is 10.2. The van der Waals surface area contributed by atoms with Crippen LogP contribution in [-0.2, 0) is 27.5 Å². The molecule has 0 saturated carbocycles. The second-order valence-corrected chi connectivity index (χ2v) is 7.53. The van der Waals surface area contributed by atoms with Crippen LogP contribution in [0.4, 0.5) is 15.8 Å². The van der Waals surface area contributed by atoms with Crippen LogP contribution < -0.4 is 15.5 Å². The highest BCUT2D eigenvalue weighted by atomic mass is 19.1. The molecule has 0 bridgehead atoms. The molecule has 9 heteroatoms. The number of aromatic nitrogens is 2. The molecule has 1 atom stereocenters. The molecule has 2 aromatic carbocycles. The average Bonchev–Trinajstić information content (AvgIpc) is 3.42. The molecule has 3 amide bonds. The van der Waals surface area contributed by atoms with Gasteiger partial charge in [-0.25, -0.2) is 4.39 Å². The lowest BCUT2D eigenvalue weighted by Gasteiger charge is -2.17. The fourth-order valence-electron chi connectivity index (χ4n) is 3.62. The largest absolute Gasteiger partial charge is 0.352 e. The summed E-state index contributed by atoms with van der Waals surface area (Å²) in [5.74, 6) is -1.82. The first-order valence-corrected chi connectivity index (χ1v) is 10.2. The number of para-hydroxylation sites is 1. The van der Waals surface area contributed by atoms with Gasteiger partial charge in [0.05, 0.1) is 11.6 Å². The second-order valence-electron chi connectivity index (χ2n) is 7.53. The molecule has 8 nitrogen and oxygen atoms in total. The number of carbonyl (C=O) groups is 3.